The Morgan fingerprint density at radius 1 is 1.18 bits per heavy atom. The number of amides is 1. The van der Waals surface area contributed by atoms with Crippen LogP contribution < -0.4 is 4.90 Å². The molecule has 0 unspecified atom stereocenters. The number of aromatic nitrogens is 2. The first-order valence-electron chi connectivity index (χ1n) is 7.38. The van der Waals surface area contributed by atoms with Gasteiger partial charge in [-0.15, -0.1) is 0 Å². The van der Waals surface area contributed by atoms with Gasteiger partial charge in [0.1, 0.15) is 0 Å². The van der Waals surface area contributed by atoms with E-state index >= 15 is 0 Å². The van der Waals surface area contributed by atoms with Gasteiger partial charge in [-0.25, -0.2) is 4.98 Å². The molecule has 1 aliphatic carbocycles. The zero-order chi connectivity index (χ0) is 14.9. The van der Waals surface area contributed by atoms with Gasteiger partial charge in [-0.3, -0.25) is 14.7 Å². The van der Waals surface area contributed by atoms with Crippen LogP contribution in [0.5, 0.6) is 0 Å². The molecule has 0 radical (unpaired) electrons. The van der Waals surface area contributed by atoms with Crippen molar-refractivity contribution in [3.63, 3.8) is 0 Å². The third-order valence-electron chi connectivity index (χ3n) is 3.75. The van der Waals surface area contributed by atoms with E-state index in [-0.39, 0.29) is 11.8 Å². The Kier molecular flexibility index (Phi) is 3.35. The number of para-hydroxylation sites is 1. The van der Waals surface area contributed by atoms with Gasteiger partial charge in [0.25, 0.3) is 0 Å². The van der Waals surface area contributed by atoms with Crippen LogP contribution in [-0.2, 0) is 11.3 Å². The Morgan fingerprint density at radius 2 is 2.00 bits per heavy atom. The fourth-order valence-electron chi connectivity index (χ4n) is 2.42. The van der Waals surface area contributed by atoms with E-state index in [0.717, 1.165) is 33.9 Å². The Balaban J connectivity index is 1.71. The lowest BCUT2D eigenvalue weighted by Gasteiger charge is -2.19. The van der Waals surface area contributed by atoms with E-state index in [2.05, 4.69) is 9.97 Å². The van der Waals surface area contributed by atoms with Crippen LogP contribution >= 0.6 is 11.3 Å². The van der Waals surface area contributed by atoms with E-state index in [1.165, 1.54) is 0 Å². The zero-order valence-corrected chi connectivity index (χ0v) is 12.8. The van der Waals surface area contributed by atoms with Crippen LogP contribution in [0.15, 0.2) is 48.7 Å². The normalized spacial score (nSPS) is 14.2. The molecule has 1 amide bonds. The molecule has 2 aromatic heterocycles. The summed E-state index contributed by atoms with van der Waals surface area (Å²) in [6, 6.07) is 13.8. The van der Waals surface area contributed by atoms with Crippen molar-refractivity contribution in [1.29, 1.82) is 0 Å². The largest absolute Gasteiger partial charge is 0.282 e. The van der Waals surface area contributed by atoms with Crippen LogP contribution in [0, 0.1) is 5.92 Å². The van der Waals surface area contributed by atoms with E-state index in [1.54, 1.807) is 22.4 Å². The maximum absolute atomic E-state index is 12.7. The molecule has 110 valence electrons. The van der Waals surface area contributed by atoms with Gasteiger partial charge < -0.3 is 0 Å². The highest BCUT2D eigenvalue weighted by atomic mass is 32.1. The maximum atomic E-state index is 12.7. The summed E-state index contributed by atoms with van der Waals surface area (Å²) in [5.74, 6) is 0.334. The van der Waals surface area contributed by atoms with Crippen molar-refractivity contribution in [3.05, 3.63) is 54.4 Å². The Labute approximate surface area is 132 Å². The van der Waals surface area contributed by atoms with Crippen LogP contribution in [0.1, 0.15) is 18.5 Å². The summed E-state index contributed by atoms with van der Waals surface area (Å²) < 4.78 is 1.10. The molecule has 0 atom stereocenters. The molecule has 3 aromatic rings. The van der Waals surface area contributed by atoms with Gasteiger partial charge in [0, 0.05) is 12.1 Å². The van der Waals surface area contributed by atoms with Crippen molar-refractivity contribution in [2.45, 2.75) is 19.4 Å². The van der Waals surface area contributed by atoms with Gasteiger partial charge in [0.15, 0.2) is 5.13 Å². The molecule has 1 aliphatic rings. The molecule has 1 aromatic carbocycles. The third-order valence-corrected chi connectivity index (χ3v) is 4.81. The first-order valence-corrected chi connectivity index (χ1v) is 8.20. The van der Waals surface area contributed by atoms with E-state index in [4.69, 9.17) is 0 Å². The summed E-state index contributed by atoms with van der Waals surface area (Å²) in [7, 11) is 0. The van der Waals surface area contributed by atoms with E-state index in [0.29, 0.717) is 6.54 Å². The lowest BCUT2D eigenvalue weighted by atomic mass is 10.3. The summed E-state index contributed by atoms with van der Waals surface area (Å²) in [5.41, 5.74) is 1.83. The van der Waals surface area contributed by atoms with Gasteiger partial charge in [-0.2, -0.15) is 0 Å². The van der Waals surface area contributed by atoms with Crippen LogP contribution in [0.25, 0.3) is 10.2 Å². The molecular weight excluding hydrogens is 294 g/mol. The minimum absolute atomic E-state index is 0.163. The van der Waals surface area contributed by atoms with Crippen molar-refractivity contribution >= 4 is 32.6 Å². The van der Waals surface area contributed by atoms with Gasteiger partial charge in [0.05, 0.1) is 22.5 Å². The SMILES string of the molecule is O=C(C1CC1)N(Cc1ccccn1)c1nc2ccccc2s1. The van der Waals surface area contributed by atoms with E-state index in [9.17, 15) is 4.79 Å². The van der Waals surface area contributed by atoms with Crippen LogP contribution in [0.3, 0.4) is 0 Å². The Hall–Kier alpha value is -2.27. The molecule has 5 heteroatoms. The summed E-state index contributed by atoms with van der Waals surface area (Å²) in [5, 5.41) is 0.767. The molecule has 0 N–H and O–H groups in total. The standard InChI is InChI=1S/C17H15N3OS/c21-16(12-8-9-12)20(11-13-5-3-4-10-18-13)17-19-14-6-1-2-7-15(14)22-17/h1-7,10,12H,8-9,11H2. The maximum Gasteiger partial charge on any atom is 0.232 e. The van der Waals surface area contributed by atoms with Crippen molar-refractivity contribution < 1.29 is 4.79 Å². The predicted molar refractivity (Wildman–Crippen MR) is 87.8 cm³/mol. The molecule has 2 heterocycles. The second-order valence-corrected chi connectivity index (χ2v) is 6.49. The van der Waals surface area contributed by atoms with Gasteiger partial charge in [-0.05, 0) is 37.1 Å². The van der Waals surface area contributed by atoms with Crippen LogP contribution in [-0.4, -0.2) is 15.9 Å². The van der Waals surface area contributed by atoms with Crippen LogP contribution in [0.4, 0.5) is 5.13 Å². The molecule has 0 spiro atoms. The van der Waals surface area contributed by atoms with E-state index in [1.807, 2.05) is 42.5 Å². The number of hydrogen-bond acceptors (Lipinski definition) is 4. The van der Waals surface area contributed by atoms with Crippen molar-refractivity contribution in [3.8, 4) is 0 Å². The van der Waals surface area contributed by atoms with E-state index < -0.39 is 0 Å². The first-order chi connectivity index (χ1) is 10.8. The molecule has 0 bridgehead atoms. The number of anilines is 1. The number of benzene rings is 1. The topological polar surface area (TPSA) is 46.1 Å². The number of fused-ring (bicyclic) bond motifs is 1. The molecular formula is C17H15N3OS. The quantitative estimate of drug-likeness (QED) is 0.739. The number of thiazole rings is 1. The lowest BCUT2D eigenvalue weighted by Crippen LogP contribution is -2.31. The fourth-order valence-corrected chi connectivity index (χ4v) is 3.39. The first kappa shape index (κ1) is 13.4. The predicted octanol–water partition coefficient (Wildman–Crippen LogP) is 3.63. The monoisotopic (exact) mass is 309 g/mol. The number of rotatable bonds is 4. The smallest absolute Gasteiger partial charge is 0.232 e. The minimum Gasteiger partial charge on any atom is -0.282 e. The molecule has 1 saturated carbocycles. The summed E-state index contributed by atoms with van der Waals surface area (Å²) in [6.07, 6.45) is 3.73. The van der Waals surface area contributed by atoms with Crippen molar-refractivity contribution in [1.82, 2.24) is 9.97 Å². The van der Waals surface area contributed by atoms with Gasteiger partial charge in [0.2, 0.25) is 5.91 Å². The second-order valence-electron chi connectivity index (χ2n) is 5.48. The Morgan fingerprint density at radius 3 is 2.73 bits per heavy atom. The highest BCUT2D eigenvalue weighted by molar-refractivity contribution is 7.22. The fraction of sp³-hybridized carbons (Fsp3) is 0.235. The van der Waals surface area contributed by atoms with Gasteiger partial charge >= 0.3 is 0 Å². The third kappa shape index (κ3) is 2.60. The molecule has 4 nitrogen and oxygen atoms in total. The molecule has 22 heavy (non-hydrogen) atoms. The lowest BCUT2D eigenvalue weighted by molar-refractivity contribution is -0.119. The number of carbonyl (C=O) groups excluding carboxylic acids is 1. The summed E-state index contributed by atoms with van der Waals surface area (Å²) in [6.45, 7) is 0.482. The Bertz CT molecular complexity index is 778. The highest BCUT2D eigenvalue weighted by Gasteiger charge is 2.35. The number of pyridine rings is 1. The molecule has 1 fully saturated rings. The number of hydrogen-bond donors (Lipinski definition) is 0. The summed E-state index contributed by atoms with van der Waals surface area (Å²) >= 11 is 1.56. The molecule has 0 saturated heterocycles. The van der Waals surface area contributed by atoms with Crippen LogP contribution in [0.2, 0.25) is 0 Å². The average Bonchev–Trinajstić information content (AvgIpc) is 3.32. The van der Waals surface area contributed by atoms with Gasteiger partial charge in [-0.1, -0.05) is 29.5 Å². The minimum atomic E-state index is 0.163. The second kappa shape index (κ2) is 5.50. The average molecular weight is 309 g/mol. The summed E-state index contributed by atoms with van der Waals surface area (Å²) in [4.78, 5) is 23.4. The number of carbonyl (C=O) groups is 1. The van der Waals surface area contributed by atoms with Crippen molar-refractivity contribution in [2.24, 2.45) is 5.92 Å². The highest BCUT2D eigenvalue weighted by Crippen LogP contribution is 2.36. The number of nitrogens with zero attached hydrogens (tertiary/aromatic N) is 3. The molecule has 0 aliphatic heterocycles. The zero-order valence-electron chi connectivity index (χ0n) is 12.0. The molecule has 4 rings (SSSR count). The van der Waals surface area contributed by atoms with Crippen molar-refractivity contribution in [2.75, 3.05) is 4.90 Å².